The van der Waals surface area contributed by atoms with Crippen LogP contribution in [0.5, 0.6) is 0 Å². The molecule has 16 aromatic rings. The van der Waals surface area contributed by atoms with Crippen LogP contribution in [0.25, 0.3) is 82.0 Å². The molecule has 4 saturated heterocycles. The number of rotatable bonds is 15. The Hall–Kier alpha value is -11.5. The van der Waals surface area contributed by atoms with E-state index in [4.69, 9.17) is 26.1 Å². The van der Waals surface area contributed by atoms with Crippen molar-refractivity contribution in [3.63, 3.8) is 0 Å². The highest BCUT2D eigenvalue weighted by Gasteiger charge is 2.31. The number of nitrogen functional groups attached to an aromatic ring is 1. The average molecular weight is 1920 g/mol. The molecular formula is C119H169N23. The van der Waals surface area contributed by atoms with Crippen LogP contribution in [0.4, 0.5) is 17.5 Å². The molecule has 0 spiro atoms. The number of fused-ring (bicyclic) bond motifs is 7. The van der Waals surface area contributed by atoms with E-state index in [0.29, 0.717) is 71.0 Å². The predicted molar refractivity (Wildman–Crippen MR) is 599 cm³/mol. The van der Waals surface area contributed by atoms with Gasteiger partial charge >= 0.3 is 0 Å². The Labute approximate surface area is 848 Å². The maximum Gasteiger partial charge on any atom is 0.158 e. The van der Waals surface area contributed by atoms with E-state index in [2.05, 4.69) is 380 Å². The maximum atomic E-state index is 5.77. The molecule has 5 fully saturated rings. The van der Waals surface area contributed by atoms with E-state index in [1.165, 1.54) is 198 Å². The summed E-state index contributed by atoms with van der Waals surface area (Å²) >= 11 is 0. The fourth-order valence-electron chi connectivity index (χ4n) is 20.3. The maximum absolute atomic E-state index is 5.77. The molecule has 0 radical (unpaired) electrons. The quantitative estimate of drug-likeness (QED) is 0.102. The first-order valence-corrected chi connectivity index (χ1v) is 53.0. The number of anilines is 3. The average Bonchev–Trinajstić information content (AvgIpc) is 1.62. The summed E-state index contributed by atoms with van der Waals surface area (Å²) in [6.07, 6.45) is 7.56. The Morgan fingerprint density at radius 1 is 0.268 bits per heavy atom. The number of nitrogens with zero attached hydrogens (tertiary/aromatic N) is 22. The van der Waals surface area contributed by atoms with E-state index in [1.807, 2.05) is 81.0 Å². The lowest BCUT2D eigenvalue weighted by atomic mass is 9.91. The number of piperidine rings is 2. The zero-order chi connectivity index (χ0) is 102. The summed E-state index contributed by atoms with van der Waals surface area (Å²) in [5, 5.41) is 46.0. The van der Waals surface area contributed by atoms with Crippen molar-refractivity contribution < 1.29 is 0 Å². The van der Waals surface area contributed by atoms with Gasteiger partial charge in [0, 0.05) is 175 Å². The molecule has 1 aliphatic carbocycles. The summed E-state index contributed by atoms with van der Waals surface area (Å²) in [5.74, 6) is 9.40. The van der Waals surface area contributed by atoms with Gasteiger partial charge in [-0.1, -0.05) is 171 Å². The minimum Gasteiger partial charge on any atom is -0.382 e. The molecular weight excluding hydrogens is 1750 g/mol. The molecule has 0 unspecified atom stereocenters. The van der Waals surface area contributed by atoms with Gasteiger partial charge in [-0.2, -0.15) is 40.8 Å². The van der Waals surface area contributed by atoms with Gasteiger partial charge < -0.3 is 30.2 Å². The molecule has 8 aromatic heterocycles. The zero-order valence-corrected chi connectivity index (χ0v) is 92.1. The van der Waals surface area contributed by atoms with Crippen molar-refractivity contribution in [1.82, 2.24) is 97.8 Å². The van der Waals surface area contributed by atoms with Gasteiger partial charge in [0.15, 0.2) is 17.5 Å². The van der Waals surface area contributed by atoms with Crippen LogP contribution < -0.4 is 15.5 Å². The summed E-state index contributed by atoms with van der Waals surface area (Å²) in [5.41, 5.74) is 33.9. The van der Waals surface area contributed by atoms with Gasteiger partial charge in [0.25, 0.3) is 0 Å². The third-order valence-electron chi connectivity index (χ3n) is 30.3. The molecule has 5 aliphatic rings. The standard InChI is InChI=1S/C18H28N4.2C17H25N3.C16H24N4.2C14H18N2.C12H16N2.C11H15N3/c1-13(2)15-6-7-17-16(12-15)18(19-20(17)5)22-10-8-21(9-11-22)14(3)4;1-12(2)14-5-6-16-15(11-14)17(18-20(16)4)13-7-9-19(3)10-8-13;1-12(2)14-5-6-15-16(11-14)20(4)18-17(15)13-7-9-19(3)10-8-13;1-12(2)13-5-6-14-15(11-13)19(4)17-16(14)20-9-7-18(3)8-10-20;1-9(2)11-6-7-13-12(8-11)14(10-4-5-10)15-16(13)3;1-10(2)13-6-5-7-14(9-13)16-12(4)8-11(3)15-16;1-8(2)10-5-6-12-11(7-10)9(3)14(4)13-12;1-7(2)8-4-5-9-10(6-8)14(3)13-11(9)12/h6-7,12-14H,8-11H2,1-5H3;2*5-6,11-13H,7-10H2,1-4H3;5-6,11-12H,7-10H2,1-4H3;6-10H,4-5H2,1-3H3;5-10H,1-4H3;5-8H,1-4H3;4-7H,1-3H3,(H2,12,13). The Balaban J connectivity index is 0.000000129. The van der Waals surface area contributed by atoms with Crippen molar-refractivity contribution in [2.24, 2.45) is 49.3 Å². The molecule has 142 heavy (non-hydrogen) atoms. The summed E-state index contributed by atoms with van der Waals surface area (Å²) in [6, 6.07) is 58.2. The fourth-order valence-corrected chi connectivity index (χ4v) is 20.3. The lowest BCUT2D eigenvalue weighted by Gasteiger charge is -2.37. The van der Waals surface area contributed by atoms with Crippen molar-refractivity contribution in [1.29, 1.82) is 0 Å². The molecule has 1 saturated carbocycles. The second-order valence-corrected chi connectivity index (χ2v) is 44.1. The molecule has 2 N–H and O–H groups in total. The minimum absolute atomic E-state index is 0.538. The van der Waals surface area contributed by atoms with Crippen LogP contribution in [0.15, 0.2) is 158 Å². The Morgan fingerprint density at radius 2 is 0.606 bits per heavy atom. The van der Waals surface area contributed by atoms with Gasteiger partial charge in [0.05, 0.1) is 67.1 Å². The minimum atomic E-state index is 0.538. The number of likely N-dealkylation sites (N-methyl/N-ethyl adjacent to an activating group) is 1. The predicted octanol–water partition coefficient (Wildman–Crippen LogP) is 25.2. The topological polar surface area (TPSA) is 188 Å². The third kappa shape index (κ3) is 25.1. The molecule has 0 bridgehead atoms. The van der Waals surface area contributed by atoms with Crippen LogP contribution in [0.3, 0.4) is 0 Å². The Bertz CT molecular complexity index is 6760. The molecule has 8 aromatic carbocycles. The normalized spacial score (nSPS) is 15.6. The van der Waals surface area contributed by atoms with Gasteiger partial charge in [0.1, 0.15) is 0 Å². The Morgan fingerprint density at radius 3 is 1.05 bits per heavy atom. The van der Waals surface area contributed by atoms with Gasteiger partial charge in [0.2, 0.25) is 0 Å². The van der Waals surface area contributed by atoms with Crippen molar-refractivity contribution >= 4 is 93.8 Å². The van der Waals surface area contributed by atoms with Crippen LogP contribution in [0.1, 0.15) is 307 Å². The fraction of sp³-hybridized carbons (Fsp3) is 0.513. The summed E-state index contributed by atoms with van der Waals surface area (Å²) in [7, 11) is 20.8. The summed E-state index contributed by atoms with van der Waals surface area (Å²) in [6.45, 7) is 59.9. The molecule has 23 heteroatoms. The van der Waals surface area contributed by atoms with Crippen molar-refractivity contribution in [2.45, 2.75) is 255 Å². The van der Waals surface area contributed by atoms with Gasteiger partial charge in [-0.05, 0) is 309 Å². The molecule has 0 atom stereocenters. The summed E-state index contributed by atoms with van der Waals surface area (Å²) in [4.78, 5) is 14.6. The number of aryl methyl sites for hydroxylation is 10. The zero-order valence-electron chi connectivity index (χ0n) is 92.1. The second-order valence-electron chi connectivity index (χ2n) is 44.1. The molecule has 21 rings (SSSR count). The van der Waals surface area contributed by atoms with E-state index >= 15 is 0 Å². The first-order chi connectivity index (χ1) is 67.6. The number of hydrogen-bond acceptors (Lipinski definition) is 15. The van der Waals surface area contributed by atoms with E-state index in [0.717, 1.165) is 97.7 Å². The highest BCUT2D eigenvalue weighted by molar-refractivity contribution is 5.94. The number of benzene rings is 8. The Kier molecular flexibility index (Phi) is 34.8. The molecule has 0 amide bonds. The van der Waals surface area contributed by atoms with Crippen LogP contribution in [0.2, 0.25) is 0 Å². The van der Waals surface area contributed by atoms with Crippen LogP contribution in [-0.2, 0) is 49.3 Å². The lowest BCUT2D eigenvalue weighted by Crippen LogP contribution is -2.49. The van der Waals surface area contributed by atoms with E-state index in [-0.39, 0.29) is 0 Å². The lowest BCUT2D eigenvalue weighted by molar-refractivity contribution is 0.209. The largest absolute Gasteiger partial charge is 0.382 e. The van der Waals surface area contributed by atoms with Crippen LogP contribution in [-0.4, -0.2) is 204 Å². The second kappa shape index (κ2) is 46.5. The van der Waals surface area contributed by atoms with Crippen molar-refractivity contribution in [3.05, 3.63) is 236 Å². The van der Waals surface area contributed by atoms with E-state index in [1.54, 1.807) is 0 Å². The van der Waals surface area contributed by atoms with Crippen molar-refractivity contribution in [3.8, 4) is 5.69 Å². The molecule has 12 heterocycles. The van der Waals surface area contributed by atoms with Crippen LogP contribution >= 0.6 is 0 Å². The number of nitrogens with two attached hydrogens (primary N) is 1. The number of likely N-dealkylation sites (tertiary alicyclic amines) is 2. The van der Waals surface area contributed by atoms with Gasteiger partial charge in [-0.3, -0.25) is 37.7 Å². The molecule has 23 nitrogen and oxygen atoms in total. The smallest absolute Gasteiger partial charge is 0.158 e. The van der Waals surface area contributed by atoms with Gasteiger partial charge in [-0.15, -0.1) is 0 Å². The van der Waals surface area contributed by atoms with E-state index in [9.17, 15) is 0 Å². The van der Waals surface area contributed by atoms with Gasteiger partial charge in [-0.25, -0.2) is 4.68 Å². The first-order valence-electron chi connectivity index (χ1n) is 53.0. The number of hydrogen-bond donors (Lipinski definition) is 1. The number of aromatic nitrogens is 16. The molecule has 4 aliphatic heterocycles. The highest BCUT2D eigenvalue weighted by Crippen LogP contribution is 2.44. The monoisotopic (exact) mass is 1920 g/mol. The number of piperazine rings is 2. The third-order valence-corrected chi connectivity index (χ3v) is 30.3. The van der Waals surface area contributed by atoms with Crippen molar-refractivity contribution in [2.75, 3.05) is 115 Å². The highest BCUT2D eigenvalue weighted by atomic mass is 15.4. The summed E-state index contributed by atoms with van der Waals surface area (Å²) < 4.78 is 15.9. The van der Waals surface area contributed by atoms with E-state index < -0.39 is 0 Å². The first kappa shape index (κ1) is 106. The van der Waals surface area contributed by atoms with Crippen LogP contribution in [0, 0.1) is 20.8 Å². The molecule has 760 valence electrons. The SMILES string of the molecule is CC(C)c1ccc2c(C3CCN(C)CC3)nn(C)c2c1.CC(C)c1ccc2c(N)nn(C)c2c1.CC(C)c1ccc2c(N3CCN(C)CC3)nn(C)c2c1.CC(C)c1ccc2c(c1)c(C1CC1)nn2C.CC(C)c1ccc2c(c1)c(C1CCN(C)CC1)nn2C.CC(C)c1ccc2c(c1)c(N1CCN(C(C)C)CC1)nn2C.Cc1c2cc(C(C)C)ccc2nn1C.Cc1cc(C)n(-c2cccc(C(C)C)c2)n1.